The number of aromatic nitrogens is 2. The molecule has 0 saturated heterocycles. The van der Waals surface area contributed by atoms with Crippen LogP contribution in [-0.2, 0) is 6.54 Å². The Bertz CT molecular complexity index is 1090. The van der Waals surface area contributed by atoms with Crippen molar-refractivity contribution in [2.45, 2.75) is 44.3 Å². The smallest absolute Gasteiger partial charge is 0.265 e. The van der Waals surface area contributed by atoms with Gasteiger partial charge in [-0.3, -0.25) is 15.2 Å². The highest BCUT2D eigenvalue weighted by molar-refractivity contribution is 5.99. The minimum Gasteiger partial charge on any atom is -0.366 e. The Hall–Kier alpha value is -3.23. The maximum atomic E-state index is 12.5. The molecule has 3 aromatic rings. The van der Waals surface area contributed by atoms with Crippen LogP contribution in [0, 0.1) is 0 Å². The number of hydrazine groups is 1. The third-order valence-corrected chi connectivity index (χ3v) is 5.87. The van der Waals surface area contributed by atoms with E-state index in [2.05, 4.69) is 26.5 Å². The standard InChI is InChI=1S/C22H25N7O/c23-16-7-1-2-8-17(16)26-19-11-14-15(12-25-29-22(14)30)21(28-19)27-18-9-3-5-13-6-4-10-24-20(13)18/h3-6,9-11,16-17,25H,1-2,7-8,12,23H2,(H,29,30)(H2,26,27,28)/t16-,17+/m0/s1. The Labute approximate surface area is 174 Å². The Morgan fingerprint density at radius 1 is 1.13 bits per heavy atom. The number of anilines is 3. The average Bonchev–Trinajstić information content (AvgIpc) is 2.76. The first-order chi connectivity index (χ1) is 14.7. The molecule has 6 N–H and O–H groups in total. The van der Waals surface area contributed by atoms with Gasteiger partial charge in [-0.25, -0.2) is 10.4 Å². The first-order valence-electron chi connectivity index (χ1n) is 10.4. The summed E-state index contributed by atoms with van der Waals surface area (Å²) in [6.07, 6.45) is 6.08. The van der Waals surface area contributed by atoms with Gasteiger partial charge in [0, 0.05) is 35.8 Å². The highest BCUT2D eigenvalue weighted by Gasteiger charge is 2.26. The number of para-hydroxylation sites is 1. The zero-order valence-electron chi connectivity index (χ0n) is 16.6. The molecule has 0 bridgehead atoms. The largest absolute Gasteiger partial charge is 0.366 e. The molecular weight excluding hydrogens is 378 g/mol. The number of nitrogens with one attached hydrogen (secondary N) is 4. The second-order valence-electron chi connectivity index (χ2n) is 7.89. The molecule has 0 spiro atoms. The Morgan fingerprint density at radius 3 is 2.90 bits per heavy atom. The number of nitrogens with two attached hydrogens (primary N) is 1. The summed E-state index contributed by atoms with van der Waals surface area (Å²) in [5.41, 5.74) is 15.1. The summed E-state index contributed by atoms with van der Waals surface area (Å²) in [6, 6.07) is 12.0. The van der Waals surface area contributed by atoms with E-state index in [4.69, 9.17) is 10.7 Å². The van der Waals surface area contributed by atoms with Crippen molar-refractivity contribution in [3.05, 3.63) is 53.7 Å². The van der Waals surface area contributed by atoms with Crippen LogP contribution in [0.2, 0.25) is 0 Å². The fraction of sp³-hybridized carbons (Fsp3) is 0.318. The van der Waals surface area contributed by atoms with Crippen LogP contribution in [0.25, 0.3) is 10.9 Å². The van der Waals surface area contributed by atoms with E-state index in [-0.39, 0.29) is 18.0 Å². The summed E-state index contributed by atoms with van der Waals surface area (Å²) >= 11 is 0. The van der Waals surface area contributed by atoms with Crippen LogP contribution in [0.15, 0.2) is 42.6 Å². The predicted octanol–water partition coefficient (Wildman–Crippen LogP) is 2.80. The van der Waals surface area contributed by atoms with E-state index in [0.717, 1.165) is 47.8 Å². The molecule has 0 unspecified atom stereocenters. The molecule has 1 fully saturated rings. The topological polar surface area (TPSA) is 117 Å². The van der Waals surface area contributed by atoms with E-state index < -0.39 is 0 Å². The number of rotatable bonds is 4. The molecule has 5 rings (SSSR count). The van der Waals surface area contributed by atoms with Crippen molar-refractivity contribution in [2.75, 3.05) is 10.6 Å². The van der Waals surface area contributed by atoms with Crippen LogP contribution in [-0.4, -0.2) is 28.0 Å². The highest BCUT2D eigenvalue weighted by Crippen LogP contribution is 2.30. The third-order valence-electron chi connectivity index (χ3n) is 5.87. The van der Waals surface area contributed by atoms with Crippen LogP contribution in [0.1, 0.15) is 41.6 Å². The maximum Gasteiger partial charge on any atom is 0.265 e. The highest BCUT2D eigenvalue weighted by atomic mass is 16.2. The molecule has 8 heteroatoms. The number of carbonyl (C=O) groups is 1. The van der Waals surface area contributed by atoms with Crippen molar-refractivity contribution in [2.24, 2.45) is 5.73 Å². The Kier molecular flexibility index (Phi) is 4.94. The first kappa shape index (κ1) is 18.8. The lowest BCUT2D eigenvalue weighted by Gasteiger charge is -2.30. The molecule has 8 nitrogen and oxygen atoms in total. The van der Waals surface area contributed by atoms with E-state index in [0.29, 0.717) is 23.7 Å². The van der Waals surface area contributed by atoms with Crippen LogP contribution in [0.3, 0.4) is 0 Å². The lowest BCUT2D eigenvalue weighted by Crippen LogP contribution is -2.44. The van der Waals surface area contributed by atoms with Crippen molar-refractivity contribution >= 4 is 34.1 Å². The number of carbonyl (C=O) groups excluding carboxylic acids is 1. The van der Waals surface area contributed by atoms with Crippen molar-refractivity contribution in [1.82, 2.24) is 20.8 Å². The van der Waals surface area contributed by atoms with Crippen LogP contribution >= 0.6 is 0 Å². The van der Waals surface area contributed by atoms with Gasteiger partial charge < -0.3 is 16.4 Å². The molecule has 2 atom stereocenters. The molecule has 1 aliphatic heterocycles. The number of pyridine rings is 2. The third kappa shape index (κ3) is 3.55. The van der Waals surface area contributed by atoms with Gasteiger partial charge in [-0.1, -0.05) is 31.0 Å². The molecule has 1 saturated carbocycles. The normalized spacial score (nSPS) is 21.0. The maximum absolute atomic E-state index is 12.5. The van der Waals surface area contributed by atoms with Crippen molar-refractivity contribution < 1.29 is 4.79 Å². The molecule has 3 heterocycles. The van der Waals surface area contributed by atoms with Crippen LogP contribution in [0.4, 0.5) is 17.3 Å². The van der Waals surface area contributed by atoms with Gasteiger partial charge in [0.05, 0.1) is 16.8 Å². The van der Waals surface area contributed by atoms with Crippen LogP contribution in [0.5, 0.6) is 0 Å². The van der Waals surface area contributed by atoms with E-state index in [1.807, 2.05) is 36.4 Å². The van der Waals surface area contributed by atoms with Crippen molar-refractivity contribution in [3.8, 4) is 0 Å². The second kappa shape index (κ2) is 7.89. The number of fused-ring (bicyclic) bond motifs is 2. The number of hydrogen-bond donors (Lipinski definition) is 5. The second-order valence-corrected chi connectivity index (χ2v) is 7.89. The summed E-state index contributed by atoms with van der Waals surface area (Å²) in [7, 11) is 0. The van der Waals surface area contributed by atoms with Gasteiger partial charge in [-0.05, 0) is 31.0 Å². The van der Waals surface area contributed by atoms with E-state index in [1.54, 1.807) is 6.20 Å². The van der Waals surface area contributed by atoms with Gasteiger partial charge in [-0.2, -0.15) is 0 Å². The van der Waals surface area contributed by atoms with Crippen molar-refractivity contribution in [3.63, 3.8) is 0 Å². The monoisotopic (exact) mass is 403 g/mol. The molecule has 30 heavy (non-hydrogen) atoms. The van der Waals surface area contributed by atoms with Gasteiger partial charge in [0.2, 0.25) is 0 Å². The molecule has 1 aromatic carbocycles. The lowest BCUT2D eigenvalue weighted by atomic mass is 9.91. The number of hydrogen-bond acceptors (Lipinski definition) is 7. The summed E-state index contributed by atoms with van der Waals surface area (Å²) < 4.78 is 0. The van der Waals surface area contributed by atoms with Crippen LogP contribution < -0.4 is 27.2 Å². The Balaban J connectivity index is 1.54. The van der Waals surface area contributed by atoms with Gasteiger partial charge in [0.1, 0.15) is 11.6 Å². The van der Waals surface area contributed by atoms with E-state index in [1.165, 1.54) is 0 Å². The Morgan fingerprint density at radius 2 is 2.00 bits per heavy atom. The zero-order chi connectivity index (χ0) is 20.5. The van der Waals surface area contributed by atoms with Gasteiger partial charge in [0.25, 0.3) is 5.91 Å². The lowest BCUT2D eigenvalue weighted by molar-refractivity contribution is 0.0920. The zero-order valence-corrected chi connectivity index (χ0v) is 16.6. The van der Waals surface area contributed by atoms with Crippen molar-refractivity contribution in [1.29, 1.82) is 0 Å². The predicted molar refractivity (Wildman–Crippen MR) is 117 cm³/mol. The van der Waals surface area contributed by atoms with Gasteiger partial charge >= 0.3 is 0 Å². The number of nitrogens with zero attached hydrogens (tertiary/aromatic N) is 2. The fourth-order valence-corrected chi connectivity index (χ4v) is 4.27. The molecule has 2 aromatic heterocycles. The average molecular weight is 403 g/mol. The minimum atomic E-state index is -0.172. The fourth-order valence-electron chi connectivity index (χ4n) is 4.27. The quantitative estimate of drug-likeness (QED) is 0.455. The molecule has 154 valence electrons. The van der Waals surface area contributed by atoms with Gasteiger partial charge in [0.15, 0.2) is 0 Å². The minimum absolute atomic E-state index is 0.0887. The summed E-state index contributed by atoms with van der Waals surface area (Å²) in [5.74, 6) is 1.12. The number of benzene rings is 1. The van der Waals surface area contributed by atoms with E-state index in [9.17, 15) is 4.79 Å². The molecule has 2 aliphatic rings. The number of amides is 1. The molecule has 1 aliphatic carbocycles. The molecule has 0 radical (unpaired) electrons. The summed E-state index contributed by atoms with van der Waals surface area (Å²) in [4.78, 5) is 21.9. The first-order valence-corrected chi connectivity index (χ1v) is 10.4. The SMILES string of the molecule is N[C@H]1CCCC[C@H]1Nc1cc2c(c(Nc3cccc4cccnc34)n1)CNNC2=O. The summed E-state index contributed by atoms with van der Waals surface area (Å²) in [6.45, 7) is 0.484. The molecular formula is C22H25N7O. The molecule has 1 amide bonds. The summed E-state index contributed by atoms with van der Waals surface area (Å²) in [5, 5.41) is 7.93. The van der Waals surface area contributed by atoms with E-state index >= 15 is 0 Å². The van der Waals surface area contributed by atoms with Gasteiger partial charge in [-0.15, -0.1) is 0 Å².